The molecule has 0 aliphatic carbocycles. The molecule has 0 aliphatic heterocycles. The molecular weight excluding hydrogens is 234 g/mol. The van der Waals surface area contributed by atoms with Crippen molar-refractivity contribution in [3.8, 4) is 0 Å². The van der Waals surface area contributed by atoms with Crippen LogP contribution >= 0.6 is 0 Å². The second-order valence-corrected chi connectivity index (χ2v) is 4.88. The summed E-state index contributed by atoms with van der Waals surface area (Å²) in [5.74, 6) is 0.910. The van der Waals surface area contributed by atoms with Gasteiger partial charge in [-0.2, -0.15) is 0 Å². The smallest absolute Gasteiger partial charge is 0.105 e. The van der Waals surface area contributed by atoms with E-state index in [-0.39, 0.29) is 6.04 Å². The van der Waals surface area contributed by atoms with Gasteiger partial charge in [0.05, 0.1) is 6.26 Å². The first-order chi connectivity index (χ1) is 9.25. The lowest BCUT2D eigenvalue weighted by Crippen LogP contribution is -2.13. The third-order valence-corrected chi connectivity index (χ3v) is 3.62. The molecule has 1 heterocycles. The minimum Gasteiger partial charge on any atom is -0.469 e. The molecule has 0 spiro atoms. The second-order valence-electron chi connectivity index (χ2n) is 4.88. The number of hydrogen-bond donors (Lipinski definition) is 1. The van der Waals surface area contributed by atoms with Gasteiger partial charge >= 0.3 is 0 Å². The van der Waals surface area contributed by atoms with E-state index in [2.05, 4.69) is 42.5 Å². The molecule has 96 valence electrons. The van der Waals surface area contributed by atoms with Crippen molar-refractivity contribution in [1.29, 1.82) is 0 Å². The van der Waals surface area contributed by atoms with E-state index in [9.17, 15) is 0 Å². The van der Waals surface area contributed by atoms with Crippen molar-refractivity contribution in [2.75, 3.05) is 0 Å². The molecule has 3 rings (SSSR count). The summed E-state index contributed by atoms with van der Waals surface area (Å²) in [5.41, 5.74) is 8.68. The number of benzene rings is 2. The van der Waals surface area contributed by atoms with Gasteiger partial charge in [-0.15, -0.1) is 0 Å². The summed E-state index contributed by atoms with van der Waals surface area (Å²) in [6.07, 6.45) is 2.52. The Balaban J connectivity index is 1.96. The highest BCUT2D eigenvalue weighted by Crippen LogP contribution is 2.25. The van der Waals surface area contributed by atoms with Crippen LogP contribution < -0.4 is 5.73 Å². The lowest BCUT2D eigenvalue weighted by atomic mass is 9.96. The molecule has 1 atom stereocenters. The summed E-state index contributed by atoms with van der Waals surface area (Å²) >= 11 is 0. The summed E-state index contributed by atoms with van der Waals surface area (Å²) in [5, 5.41) is 2.54. The number of furan rings is 1. The fourth-order valence-corrected chi connectivity index (χ4v) is 2.60. The molecule has 0 radical (unpaired) electrons. The Kier molecular flexibility index (Phi) is 3.10. The molecule has 3 aromatic rings. The van der Waals surface area contributed by atoms with Gasteiger partial charge in [0.1, 0.15) is 5.76 Å². The van der Waals surface area contributed by atoms with Crippen LogP contribution in [0.3, 0.4) is 0 Å². The van der Waals surface area contributed by atoms with Crippen molar-refractivity contribution < 1.29 is 4.42 Å². The monoisotopic (exact) mass is 251 g/mol. The molecule has 1 aromatic heterocycles. The van der Waals surface area contributed by atoms with E-state index in [1.807, 2.05) is 13.0 Å². The minimum atomic E-state index is -0.0236. The van der Waals surface area contributed by atoms with Crippen LogP contribution in [0.2, 0.25) is 0 Å². The van der Waals surface area contributed by atoms with Crippen LogP contribution in [0, 0.1) is 6.92 Å². The van der Waals surface area contributed by atoms with Gasteiger partial charge in [0.15, 0.2) is 0 Å². The molecule has 2 nitrogen and oxygen atoms in total. The Morgan fingerprint density at radius 1 is 1.05 bits per heavy atom. The fraction of sp³-hybridized carbons (Fsp3) is 0.176. The summed E-state index contributed by atoms with van der Waals surface area (Å²) in [7, 11) is 0. The van der Waals surface area contributed by atoms with Crippen LogP contribution in [-0.2, 0) is 6.42 Å². The molecule has 2 N–H and O–H groups in total. The van der Waals surface area contributed by atoms with Crippen LogP contribution in [0.1, 0.15) is 22.9 Å². The van der Waals surface area contributed by atoms with E-state index in [1.54, 1.807) is 6.26 Å². The SMILES string of the molecule is Cc1occc1C(N)Cc1cccc2ccccc12. The van der Waals surface area contributed by atoms with Crippen LogP contribution in [0.15, 0.2) is 59.2 Å². The van der Waals surface area contributed by atoms with Crippen molar-refractivity contribution >= 4 is 10.8 Å². The van der Waals surface area contributed by atoms with Gasteiger partial charge in [-0.25, -0.2) is 0 Å². The molecular formula is C17H17NO. The van der Waals surface area contributed by atoms with E-state index in [1.165, 1.54) is 16.3 Å². The maximum absolute atomic E-state index is 6.30. The highest BCUT2D eigenvalue weighted by Gasteiger charge is 2.13. The Bertz CT molecular complexity index is 694. The predicted molar refractivity (Wildman–Crippen MR) is 78.0 cm³/mol. The molecule has 2 heteroatoms. The number of fused-ring (bicyclic) bond motifs is 1. The van der Waals surface area contributed by atoms with Gasteiger partial charge in [-0.05, 0) is 35.7 Å². The van der Waals surface area contributed by atoms with Gasteiger partial charge in [-0.1, -0.05) is 42.5 Å². The van der Waals surface area contributed by atoms with E-state index >= 15 is 0 Å². The molecule has 0 saturated heterocycles. The third kappa shape index (κ3) is 2.27. The number of nitrogens with two attached hydrogens (primary N) is 1. The van der Waals surface area contributed by atoms with Crippen molar-refractivity contribution in [1.82, 2.24) is 0 Å². The van der Waals surface area contributed by atoms with Gasteiger partial charge in [-0.3, -0.25) is 0 Å². The first-order valence-electron chi connectivity index (χ1n) is 6.52. The van der Waals surface area contributed by atoms with Crippen LogP contribution in [0.4, 0.5) is 0 Å². The summed E-state index contributed by atoms with van der Waals surface area (Å²) in [6, 6.07) is 16.7. The number of aryl methyl sites for hydroxylation is 1. The molecule has 0 fully saturated rings. The van der Waals surface area contributed by atoms with Crippen LogP contribution in [-0.4, -0.2) is 0 Å². The Morgan fingerprint density at radius 2 is 1.84 bits per heavy atom. The van der Waals surface area contributed by atoms with Crippen molar-refractivity contribution in [3.63, 3.8) is 0 Å². The van der Waals surface area contributed by atoms with E-state index in [0.717, 1.165) is 17.7 Å². The highest BCUT2D eigenvalue weighted by atomic mass is 16.3. The second kappa shape index (κ2) is 4.90. The normalized spacial score (nSPS) is 12.7. The average molecular weight is 251 g/mol. The Morgan fingerprint density at radius 3 is 2.63 bits per heavy atom. The maximum Gasteiger partial charge on any atom is 0.105 e. The molecule has 0 amide bonds. The summed E-state index contributed by atoms with van der Waals surface area (Å²) in [4.78, 5) is 0. The molecule has 0 bridgehead atoms. The van der Waals surface area contributed by atoms with E-state index < -0.39 is 0 Å². The van der Waals surface area contributed by atoms with Crippen molar-refractivity contribution in [3.05, 3.63) is 71.7 Å². The highest BCUT2D eigenvalue weighted by molar-refractivity contribution is 5.85. The molecule has 0 aliphatic rings. The predicted octanol–water partition coefficient (Wildman–Crippen LogP) is 3.98. The van der Waals surface area contributed by atoms with Crippen LogP contribution in [0.5, 0.6) is 0 Å². The number of rotatable bonds is 3. The van der Waals surface area contributed by atoms with E-state index in [4.69, 9.17) is 10.2 Å². The maximum atomic E-state index is 6.30. The topological polar surface area (TPSA) is 39.2 Å². The first-order valence-corrected chi connectivity index (χ1v) is 6.52. The zero-order valence-corrected chi connectivity index (χ0v) is 11.0. The summed E-state index contributed by atoms with van der Waals surface area (Å²) in [6.45, 7) is 1.96. The fourth-order valence-electron chi connectivity index (χ4n) is 2.60. The molecule has 1 unspecified atom stereocenters. The standard InChI is InChI=1S/C17H17NO/c1-12-15(9-10-19-12)17(18)11-14-7-4-6-13-5-2-3-8-16(13)14/h2-10,17H,11,18H2,1H3. The molecule has 0 saturated carbocycles. The lowest BCUT2D eigenvalue weighted by molar-refractivity contribution is 0.524. The molecule has 19 heavy (non-hydrogen) atoms. The van der Waals surface area contributed by atoms with Gasteiger partial charge in [0.25, 0.3) is 0 Å². The molecule has 2 aromatic carbocycles. The van der Waals surface area contributed by atoms with Crippen LogP contribution in [0.25, 0.3) is 10.8 Å². The largest absolute Gasteiger partial charge is 0.469 e. The van der Waals surface area contributed by atoms with Gasteiger partial charge < -0.3 is 10.2 Å². The zero-order chi connectivity index (χ0) is 13.2. The summed E-state index contributed by atoms with van der Waals surface area (Å²) < 4.78 is 5.33. The average Bonchev–Trinajstić information content (AvgIpc) is 2.85. The van der Waals surface area contributed by atoms with E-state index in [0.29, 0.717) is 0 Å². The number of hydrogen-bond acceptors (Lipinski definition) is 2. The van der Waals surface area contributed by atoms with Gasteiger partial charge in [0.2, 0.25) is 0 Å². The van der Waals surface area contributed by atoms with Gasteiger partial charge in [0, 0.05) is 11.6 Å². The first kappa shape index (κ1) is 12.0. The lowest BCUT2D eigenvalue weighted by Gasteiger charge is -2.13. The Hall–Kier alpha value is -2.06. The van der Waals surface area contributed by atoms with Crippen molar-refractivity contribution in [2.45, 2.75) is 19.4 Å². The minimum absolute atomic E-state index is 0.0236. The van der Waals surface area contributed by atoms with Crippen molar-refractivity contribution in [2.24, 2.45) is 5.73 Å². The quantitative estimate of drug-likeness (QED) is 0.764. The Labute approximate surface area is 112 Å². The zero-order valence-electron chi connectivity index (χ0n) is 11.0. The third-order valence-electron chi connectivity index (χ3n) is 3.62.